The second-order valence-corrected chi connectivity index (χ2v) is 6.30. The summed E-state index contributed by atoms with van der Waals surface area (Å²) in [5.41, 5.74) is 1.13. The van der Waals surface area contributed by atoms with E-state index in [1.165, 1.54) is 4.88 Å². The second kappa shape index (κ2) is 6.75. The molecule has 0 bridgehead atoms. The number of hydrogen-bond acceptors (Lipinski definition) is 5. The van der Waals surface area contributed by atoms with Crippen LogP contribution >= 0.6 is 11.3 Å². The molecular formula is C17H17N3O2S. The van der Waals surface area contributed by atoms with Gasteiger partial charge in [0.2, 0.25) is 0 Å². The van der Waals surface area contributed by atoms with Crippen molar-refractivity contribution >= 4 is 33.3 Å². The fourth-order valence-electron chi connectivity index (χ4n) is 2.34. The number of anilines is 1. The highest BCUT2D eigenvalue weighted by atomic mass is 32.1. The van der Waals surface area contributed by atoms with Gasteiger partial charge in [0.05, 0.1) is 5.39 Å². The van der Waals surface area contributed by atoms with Gasteiger partial charge in [0.25, 0.3) is 0 Å². The summed E-state index contributed by atoms with van der Waals surface area (Å²) >= 11 is 1.63. The first kappa shape index (κ1) is 15.4. The molecule has 0 aliphatic carbocycles. The van der Waals surface area contributed by atoms with Crippen molar-refractivity contribution in [2.45, 2.75) is 19.8 Å². The van der Waals surface area contributed by atoms with Gasteiger partial charge in [-0.15, -0.1) is 11.3 Å². The molecule has 0 saturated carbocycles. The lowest BCUT2D eigenvalue weighted by atomic mass is 10.1. The van der Waals surface area contributed by atoms with Crippen LogP contribution in [0.25, 0.3) is 10.2 Å². The van der Waals surface area contributed by atoms with Crippen LogP contribution in [0.1, 0.15) is 23.2 Å². The number of carbonyl (C=O) groups is 1. The highest BCUT2D eigenvalue weighted by Crippen LogP contribution is 2.29. The molecule has 6 heteroatoms. The van der Waals surface area contributed by atoms with Gasteiger partial charge in [-0.3, -0.25) is 4.79 Å². The van der Waals surface area contributed by atoms with Crippen molar-refractivity contribution in [3.05, 3.63) is 52.7 Å². The van der Waals surface area contributed by atoms with E-state index in [1.807, 2.05) is 36.4 Å². The zero-order valence-corrected chi connectivity index (χ0v) is 13.6. The highest BCUT2D eigenvalue weighted by molar-refractivity contribution is 7.18. The number of benzene rings is 1. The highest BCUT2D eigenvalue weighted by Gasteiger charge is 2.12. The first-order chi connectivity index (χ1) is 11.2. The summed E-state index contributed by atoms with van der Waals surface area (Å²) in [5.74, 6) is 0.382. The van der Waals surface area contributed by atoms with Crippen LogP contribution in [0.5, 0.6) is 0 Å². The largest absolute Gasteiger partial charge is 0.480 e. The SMILES string of the molecule is CCc1cc2c(NCC(=O)O)nc(Cc3ccccc3)nc2s1. The Balaban J connectivity index is 1.99. The van der Waals surface area contributed by atoms with Gasteiger partial charge >= 0.3 is 5.97 Å². The summed E-state index contributed by atoms with van der Waals surface area (Å²) in [6.45, 7) is 1.93. The third-order valence-electron chi connectivity index (χ3n) is 3.45. The summed E-state index contributed by atoms with van der Waals surface area (Å²) in [6, 6.07) is 12.0. The lowest BCUT2D eigenvalue weighted by Crippen LogP contribution is -2.14. The number of rotatable bonds is 6. The van der Waals surface area contributed by atoms with Crippen molar-refractivity contribution in [3.63, 3.8) is 0 Å². The van der Waals surface area contributed by atoms with E-state index < -0.39 is 5.97 Å². The number of thiophene rings is 1. The predicted molar refractivity (Wildman–Crippen MR) is 92.2 cm³/mol. The molecular weight excluding hydrogens is 310 g/mol. The standard InChI is InChI=1S/C17H17N3O2S/c1-2-12-9-13-16(18-10-15(21)22)19-14(20-17(13)23-12)8-11-6-4-3-5-7-11/h3-7,9H,2,8,10H2,1H3,(H,21,22)(H,18,19,20). The zero-order valence-electron chi connectivity index (χ0n) is 12.7. The van der Waals surface area contributed by atoms with Gasteiger partial charge in [-0.25, -0.2) is 9.97 Å². The van der Waals surface area contributed by atoms with E-state index in [4.69, 9.17) is 5.11 Å². The Hall–Kier alpha value is -2.47. The van der Waals surface area contributed by atoms with Gasteiger partial charge in [0.15, 0.2) is 0 Å². The number of aromatic nitrogens is 2. The van der Waals surface area contributed by atoms with E-state index in [-0.39, 0.29) is 6.54 Å². The molecule has 118 valence electrons. The minimum absolute atomic E-state index is 0.159. The molecule has 0 aliphatic heterocycles. The molecule has 2 aromatic heterocycles. The summed E-state index contributed by atoms with van der Waals surface area (Å²) < 4.78 is 0. The van der Waals surface area contributed by atoms with Crippen LogP contribution in [-0.4, -0.2) is 27.6 Å². The van der Waals surface area contributed by atoms with Crippen LogP contribution in [0, 0.1) is 0 Å². The number of fused-ring (bicyclic) bond motifs is 1. The van der Waals surface area contributed by atoms with Crippen LogP contribution in [0.2, 0.25) is 0 Å². The number of aryl methyl sites for hydroxylation is 1. The molecule has 5 nitrogen and oxygen atoms in total. The average molecular weight is 327 g/mol. The fraction of sp³-hybridized carbons (Fsp3) is 0.235. The molecule has 3 aromatic rings. The van der Waals surface area contributed by atoms with E-state index in [9.17, 15) is 4.79 Å². The van der Waals surface area contributed by atoms with Crippen LogP contribution in [-0.2, 0) is 17.6 Å². The molecule has 0 aliphatic rings. The molecule has 0 amide bonds. The summed E-state index contributed by atoms with van der Waals surface area (Å²) in [7, 11) is 0. The zero-order chi connectivity index (χ0) is 16.2. The molecule has 3 rings (SSSR count). The van der Waals surface area contributed by atoms with E-state index in [0.717, 1.165) is 22.2 Å². The van der Waals surface area contributed by atoms with Gasteiger partial charge in [-0.05, 0) is 18.1 Å². The van der Waals surface area contributed by atoms with E-state index in [1.54, 1.807) is 11.3 Å². The van der Waals surface area contributed by atoms with Gasteiger partial charge in [-0.2, -0.15) is 0 Å². The molecule has 0 atom stereocenters. The molecule has 2 heterocycles. The van der Waals surface area contributed by atoms with E-state index in [0.29, 0.717) is 18.1 Å². The van der Waals surface area contributed by atoms with Gasteiger partial charge in [-0.1, -0.05) is 37.3 Å². The second-order valence-electron chi connectivity index (χ2n) is 5.18. The molecule has 0 fully saturated rings. The minimum Gasteiger partial charge on any atom is -0.480 e. The van der Waals surface area contributed by atoms with Gasteiger partial charge in [0.1, 0.15) is 23.0 Å². The predicted octanol–water partition coefficient (Wildman–Crippen LogP) is 3.34. The maximum absolute atomic E-state index is 10.8. The minimum atomic E-state index is -0.910. The molecule has 23 heavy (non-hydrogen) atoms. The Labute approximate surface area is 138 Å². The summed E-state index contributed by atoms with van der Waals surface area (Å²) in [5, 5.41) is 12.7. The van der Waals surface area contributed by atoms with E-state index >= 15 is 0 Å². The Morgan fingerprint density at radius 2 is 2.04 bits per heavy atom. The third kappa shape index (κ3) is 3.65. The van der Waals surface area contributed by atoms with Crippen LogP contribution in [0.3, 0.4) is 0 Å². The summed E-state index contributed by atoms with van der Waals surface area (Å²) in [6.07, 6.45) is 1.55. The van der Waals surface area contributed by atoms with E-state index in [2.05, 4.69) is 22.2 Å². The van der Waals surface area contributed by atoms with Crippen molar-refractivity contribution in [2.24, 2.45) is 0 Å². The maximum Gasteiger partial charge on any atom is 0.322 e. The topological polar surface area (TPSA) is 75.1 Å². The van der Waals surface area contributed by atoms with Gasteiger partial charge in [0, 0.05) is 11.3 Å². The van der Waals surface area contributed by atoms with Crippen LogP contribution < -0.4 is 5.32 Å². The van der Waals surface area contributed by atoms with Crippen molar-refractivity contribution in [1.82, 2.24) is 9.97 Å². The molecule has 2 N–H and O–H groups in total. The molecule has 0 unspecified atom stereocenters. The smallest absolute Gasteiger partial charge is 0.322 e. The Bertz CT molecular complexity index is 830. The van der Waals surface area contributed by atoms with Crippen molar-refractivity contribution in [3.8, 4) is 0 Å². The van der Waals surface area contributed by atoms with Gasteiger partial charge < -0.3 is 10.4 Å². The molecule has 0 spiro atoms. The van der Waals surface area contributed by atoms with Crippen LogP contribution in [0.4, 0.5) is 5.82 Å². The number of nitrogens with zero attached hydrogens (tertiary/aromatic N) is 2. The number of carboxylic acids is 1. The third-order valence-corrected chi connectivity index (χ3v) is 4.62. The molecule has 0 radical (unpaired) electrons. The van der Waals surface area contributed by atoms with Crippen molar-refractivity contribution < 1.29 is 9.90 Å². The number of aliphatic carboxylic acids is 1. The Morgan fingerprint density at radius 3 is 2.74 bits per heavy atom. The van der Waals surface area contributed by atoms with Crippen molar-refractivity contribution in [1.29, 1.82) is 0 Å². The van der Waals surface area contributed by atoms with Crippen molar-refractivity contribution in [2.75, 3.05) is 11.9 Å². The number of carboxylic acid groups (broad SMARTS) is 1. The lowest BCUT2D eigenvalue weighted by molar-refractivity contribution is -0.134. The first-order valence-electron chi connectivity index (χ1n) is 7.44. The Morgan fingerprint density at radius 1 is 1.26 bits per heavy atom. The fourth-order valence-corrected chi connectivity index (χ4v) is 3.33. The normalized spacial score (nSPS) is 10.8. The first-order valence-corrected chi connectivity index (χ1v) is 8.26. The average Bonchev–Trinajstić information content (AvgIpc) is 2.96. The number of hydrogen-bond donors (Lipinski definition) is 2. The maximum atomic E-state index is 10.8. The number of nitrogens with one attached hydrogen (secondary N) is 1. The lowest BCUT2D eigenvalue weighted by Gasteiger charge is -2.07. The molecule has 1 aromatic carbocycles. The quantitative estimate of drug-likeness (QED) is 0.726. The van der Waals surface area contributed by atoms with Crippen LogP contribution in [0.15, 0.2) is 36.4 Å². The Kier molecular flexibility index (Phi) is 4.52. The monoisotopic (exact) mass is 327 g/mol. The summed E-state index contributed by atoms with van der Waals surface area (Å²) in [4.78, 5) is 22.1. The molecule has 0 saturated heterocycles.